The van der Waals surface area contributed by atoms with Crippen molar-refractivity contribution in [1.82, 2.24) is 0 Å². The molecule has 1 N–H and O–H groups in total. The summed E-state index contributed by atoms with van der Waals surface area (Å²) in [7, 11) is 0. The van der Waals surface area contributed by atoms with E-state index >= 15 is 0 Å². The van der Waals surface area contributed by atoms with Crippen LogP contribution in [0.5, 0.6) is 0 Å². The van der Waals surface area contributed by atoms with Gasteiger partial charge in [0.1, 0.15) is 11.5 Å². The highest BCUT2D eigenvalue weighted by atomic mass is 35.5. The van der Waals surface area contributed by atoms with E-state index in [0.29, 0.717) is 16.9 Å². The van der Waals surface area contributed by atoms with Gasteiger partial charge in [-0.25, -0.2) is 0 Å². The van der Waals surface area contributed by atoms with Gasteiger partial charge in [-0.15, -0.1) is 0 Å². The molecule has 4 aromatic carbocycles. The van der Waals surface area contributed by atoms with Crippen LogP contribution in [0.15, 0.2) is 103 Å². The number of carbonyl (C=O) groups excluding carboxylic acids is 3. The summed E-state index contributed by atoms with van der Waals surface area (Å²) in [6.07, 6.45) is 3.78. The Kier molecular flexibility index (Phi) is 5.85. The number of halogens is 1. The van der Waals surface area contributed by atoms with Crippen LogP contribution in [-0.4, -0.2) is 34.5 Å². The molecule has 1 saturated heterocycles. The molecular weight excluding hydrogens is 554 g/mol. The zero-order valence-corrected chi connectivity index (χ0v) is 22.7. The van der Waals surface area contributed by atoms with E-state index in [1.54, 1.807) is 42.5 Å². The first kappa shape index (κ1) is 25.9. The predicted molar refractivity (Wildman–Crippen MR) is 159 cm³/mol. The highest BCUT2D eigenvalue weighted by Gasteiger charge is 2.70. The SMILES string of the molecule is O=C(c1cccc([N+](=O)[O-])c1)[C@@H]1[C@H](C(=O)c2ccccc2Cl)[C@@]2(C(=O)Nc3ccccc32)[C@@H]2C=Cc3ccccc3N12. The standard InChI is InChI=1S/C33H22ClN3O5/c34-24-13-4-2-11-22(24)31(39)28-29(30(38)20-9-7-10-21(18-20)37(41)42)36-26-15-6-1-8-19(26)16-17-27(36)33(28)23-12-3-5-14-25(23)35-32(33)40/h1-18,27-29H,(H,35,40)/t27-,28+,29-,33-/m0/s1. The summed E-state index contributed by atoms with van der Waals surface area (Å²) in [4.78, 5) is 56.7. The van der Waals surface area contributed by atoms with Gasteiger partial charge in [-0.05, 0) is 35.4 Å². The summed E-state index contributed by atoms with van der Waals surface area (Å²) in [5.74, 6) is -2.60. The monoisotopic (exact) mass is 575 g/mol. The van der Waals surface area contributed by atoms with Crippen LogP contribution < -0.4 is 10.2 Å². The molecule has 1 amide bonds. The number of rotatable bonds is 5. The maximum atomic E-state index is 14.8. The van der Waals surface area contributed by atoms with Crippen molar-refractivity contribution in [2.75, 3.05) is 10.2 Å². The lowest BCUT2D eigenvalue weighted by molar-refractivity contribution is -0.384. The third kappa shape index (κ3) is 3.51. The molecule has 0 radical (unpaired) electrons. The molecule has 3 aliphatic heterocycles. The van der Waals surface area contributed by atoms with Gasteiger partial charge in [-0.1, -0.05) is 84.4 Å². The number of nitro groups is 1. The fraction of sp³-hybridized carbons (Fsp3) is 0.121. The van der Waals surface area contributed by atoms with Crippen LogP contribution in [0.1, 0.15) is 31.8 Å². The first-order valence-corrected chi connectivity index (χ1v) is 13.8. The molecule has 206 valence electrons. The van der Waals surface area contributed by atoms with Crippen molar-refractivity contribution in [1.29, 1.82) is 0 Å². The minimum Gasteiger partial charge on any atom is -0.352 e. The Morgan fingerprint density at radius 2 is 1.64 bits per heavy atom. The van der Waals surface area contributed by atoms with E-state index in [2.05, 4.69) is 5.32 Å². The number of non-ortho nitro benzene ring substituents is 1. The van der Waals surface area contributed by atoms with Crippen molar-refractivity contribution in [2.45, 2.75) is 17.5 Å². The normalized spacial score (nSPS) is 23.2. The van der Waals surface area contributed by atoms with Crippen LogP contribution >= 0.6 is 11.6 Å². The zero-order valence-electron chi connectivity index (χ0n) is 21.9. The number of anilines is 2. The van der Waals surface area contributed by atoms with Gasteiger partial charge in [-0.3, -0.25) is 24.5 Å². The molecular formula is C33H22ClN3O5. The third-order valence-electron chi connectivity index (χ3n) is 8.57. The molecule has 9 heteroatoms. The van der Waals surface area contributed by atoms with E-state index in [0.717, 1.165) is 5.56 Å². The second-order valence-electron chi connectivity index (χ2n) is 10.6. The molecule has 0 bridgehead atoms. The van der Waals surface area contributed by atoms with E-state index in [1.807, 2.05) is 47.4 Å². The molecule has 0 aliphatic carbocycles. The lowest BCUT2D eigenvalue weighted by atomic mass is 9.64. The van der Waals surface area contributed by atoms with Gasteiger partial charge in [-0.2, -0.15) is 0 Å². The fourth-order valence-electron chi connectivity index (χ4n) is 6.89. The molecule has 0 saturated carbocycles. The summed E-state index contributed by atoms with van der Waals surface area (Å²) in [5.41, 5.74) is 1.18. The number of amides is 1. The number of nitrogens with zero attached hydrogens (tertiary/aromatic N) is 2. The van der Waals surface area contributed by atoms with E-state index < -0.39 is 45.8 Å². The summed E-state index contributed by atoms with van der Waals surface area (Å²) >= 11 is 6.55. The first-order valence-electron chi connectivity index (χ1n) is 13.4. The molecule has 0 unspecified atom stereocenters. The third-order valence-corrected chi connectivity index (χ3v) is 8.90. The minimum atomic E-state index is -1.50. The van der Waals surface area contributed by atoms with E-state index in [-0.39, 0.29) is 21.8 Å². The molecule has 7 rings (SSSR count). The Labute approximate surface area is 245 Å². The average Bonchev–Trinajstić information content (AvgIpc) is 3.49. The lowest BCUT2D eigenvalue weighted by Crippen LogP contribution is -2.51. The number of hydrogen-bond acceptors (Lipinski definition) is 6. The first-order chi connectivity index (χ1) is 20.3. The van der Waals surface area contributed by atoms with Crippen molar-refractivity contribution >= 4 is 52.2 Å². The molecule has 1 fully saturated rings. The number of hydrogen-bond donors (Lipinski definition) is 1. The number of carbonyl (C=O) groups is 3. The van der Waals surface area contributed by atoms with Gasteiger partial charge in [0, 0.05) is 34.6 Å². The summed E-state index contributed by atoms with van der Waals surface area (Å²) < 4.78 is 0. The Morgan fingerprint density at radius 3 is 2.45 bits per heavy atom. The predicted octanol–water partition coefficient (Wildman–Crippen LogP) is 6.10. The summed E-state index contributed by atoms with van der Waals surface area (Å²) in [6.45, 7) is 0. The molecule has 1 spiro atoms. The number of Topliss-reactive ketones (excluding diaryl/α,β-unsaturated/α-hetero) is 2. The van der Waals surface area contributed by atoms with Crippen molar-refractivity contribution in [3.63, 3.8) is 0 Å². The highest BCUT2D eigenvalue weighted by Crippen LogP contribution is 2.58. The Hall–Kier alpha value is -5.08. The van der Waals surface area contributed by atoms with E-state index in [1.165, 1.54) is 24.3 Å². The van der Waals surface area contributed by atoms with Crippen LogP contribution in [0.25, 0.3) is 6.08 Å². The van der Waals surface area contributed by atoms with Gasteiger partial charge in [0.05, 0.1) is 21.9 Å². The smallest absolute Gasteiger partial charge is 0.270 e. The van der Waals surface area contributed by atoms with Gasteiger partial charge < -0.3 is 10.2 Å². The van der Waals surface area contributed by atoms with Crippen LogP contribution in [0.3, 0.4) is 0 Å². The molecule has 42 heavy (non-hydrogen) atoms. The maximum absolute atomic E-state index is 14.8. The number of para-hydroxylation sites is 2. The van der Waals surface area contributed by atoms with Crippen molar-refractivity contribution < 1.29 is 19.3 Å². The van der Waals surface area contributed by atoms with Gasteiger partial charge >= 0.3 is 0 Å². The van der Waals surface area contributed by atoms with Gasteiger partial charge in [0.25, 0.3) is 5.69 Å². The number of nitro benzene ring substituents is 1. The minimum absolute atomic E-state index is 0.0701. The molecule has 4 atom stereocenters. The second-order valence-corrected chi connectivity index (χ2v) is 11.0. The van der Waals surface area contributed by atoms with Crippen molar-refractivity contribution in [3.05, 3.63) is 141 Å². The fourth-order valence-corrected chi connectivity index (χ4v) is 7.12. The maximum Gasteiger partial charge on any atom is 0.270 e. The number of fused-ring (bicyclic) bond motifs is 6. The van der Waals surface area contributed by atoms with Crippen LogP contribution in [0.2, 0.25) is 5.02 Å². The van der Waals surface area contributed by atoms with E-state index in [4.69, 9.17) is 11.6 Å². The molecule has 0 aromatic heterocycles. The van der Waals surface area contributed by atoms with E-state index in [9.17, 15) is 24.5 Å². The van der Waals surface area contributed by atoms with Crippen LogP contribution in [0.4, 0.5) is 17.1 Å². The summed E-state index contributed by atoms with van der Waals surface area (Å²) in [5, 5.41) is 14.8. The molecule has 3 aliphatic rings. The number of ketones is 2. The Morgan fingerprint density at radius 1 is 0.905 bits per heavy atom. The number of nitrogens with one attached hydrogen (secondary N) is 1. The van der Waals surface area contributed by atoms with Gasteiger partial charge in [0.15, 0.2) is 11.6 Å². The second kappa shape index (κ2) is 9.49. The Balaban J connectivity index is 1.54. The summed E-state index contributed by atoms with van der Waals surface area (Å²) in [6, 6.07) is 24.8. The molecule has 3 heterocycles. The largest absolute Gasteiger partial charge is 0.352 e. The van der Waals surface area contributed by atoms with Crippen molar-refractivity contribution in [3.8, 4) is 0 Å². The van der Waals surface area contributed by atoms with Crippen LogP contribution in [-0.2, 0) is 10.2 Å². The molecule has 8 nitrogen and oxygen atoms in total. The van der Waals surface area contributed by atoms with Crippen LogP contribution in [0, 0.1) is 16.0 Å². The lowest BCUT2D eigenvalue weighted by Gasteiger charge is -2.37. The highest BCUT2D eigenvalue weighted by molar-refractivity contribution is 6.34. The Bertz CT molecular complexity index is 1870. The average molecular weight is 576 g/mol. The zero-order chi connectivity index (χ0) is 29.2. The molecule has 4 aromatic rings. The van der Waals surface area contributed by atoms with Crippen molar-refractivity contribution in [2.24, 2.45) is 5.92 Å². The number of benzene rings is 4. The quantitative estimate of drug-likeness (QED) is 0.175. The topological polar surface area (TPSA) is 110 Å². The van der Waals surface area contributed by atoms with Gasteiger partial charge in [0.2, 0.25) is 5.91 Å².